The molecule has 5 heteroatoms. The van der Waals surface area contributed by atoms with E-state index in [1.54, 1.807) is 6.20 Å². The summed E-state index contributed by atoms with van der Waals surface area (Å²) in [6.45, 7) is 0. The molecular formula is C16H10BrN3S. The topological polar surface area (TPSA) is 33.6 Å². The van der Waals surface area contributed by atoms with Gasteiger partial charge in [-0.2, -0.15) is 0 Å². The summed E-state index contributed by atoms with van der Waals surface area (Å²) in [5.41, 5.74) is 2.76. The van der Waals surface area contributed by atoms with E-state index in [0.29, 0.717) is 4.77 Å². The molecule has 0 aliphatic heterocycles. The highest BCUT2D eigenvalue weighted by atomic mass is 79.9. The number of imidazole rings is 1. The monoisotopic (exact) mass is 355 g/mol. The van der Waals surface area contributed by atoms with E-state index in [-0.39, 0.29) is 0 Å². The Kier molecular flexibility index (Phi) is 2.90. The number of fused-ring (bicyclic) bond motifs is 2. The number of hydrogen-bond acceptors (Lipinski definition) is 2. The smallest absolute Gasteiger partial charge is 0.183 e. The lowest BCUT2D eigenvalue weighted by atomic mass is 10.1. The maximum Gasteiger partial charge on any atom is 0.183 e. The average Bonchev–Trinajstić information content (AvgIpc) is 2.81. The van der Waals surface area contributed by atoms with Crippen LogP contribution < -0.4 is 0 Å². The van der Waals surface area contributed by atoms with Gasteiger partial charge < -0.3 is 4.98 Å². The summed E-state index contributed by atoms with van der Waals surface area (Å²) in [4.78, 5) is 7.68. The van der Waals surface area contributed by atoms with E-state index in [1.165, 1.54) is 10.8 Å². The Morgan fingerprint density at radius 3 is 2.71 bits per heavy atom. The second-order valence-corrected chi connectivity index (χ2v) is 6.12. The molecule has 0 unspecified atom stereocenters. The number of rotatable bonds is 1. The molecule has 0 aliphatic carbocycles. The molecule has 0 saturated heterocycles. The van der Waals surface area contributed by atoms with Crippen LogP contribution in [0.25, 0.3) is 27.6 Å². The molecule has 0 fully saturated rings. The van der Waals surface area contributed by atoms with Crippen LogP contribution >= 0.6 is 28.1 Å². The molecule has 3 nitrogen and oxygen atoms in total. The number of hydrogen-bond donors (Lipinski definition) is 1. The van der Waals surface area contributed by atoms with Crippen LogP contribution in [0.3, 0.4) is 0 Å². The lowest BCUT2D eigenvalue weighted by molar-refractivity contribution is 1.05. The summed E-state index contributed by atoms with van der Waals surface area (Å²) < 4.78 is 3.53. The Balaban J connectivity index is 2.03. The van der Waals surface area contributed by atoms with Crippen molar-refractivity contribution in [3.8, 4) is 5.69 Å². The van der Waals surface area contributed by atoms with Crippen molar-refractivity contribution in [2.24, 2.45) is 0 Å². The molecule has 4 rings (SSSR count). The van der Waals surface area contributed by atoms with Crippen LogP contribution in [-0.2, 0) is 0 Å². The van der Waals surface area contributed by atoms with Gasteiger partial charge in [0.15, 0.2) is 10.4 Å². The van der Waals surface area contributed by atoms with Crippen LogP contribution in [0.1, 0.15) is 0 Å². The lowest BCUT2D eigenvalue weighted by Crippen LogP contribution is -1.95. The largest absolute Gasteiger partial charge is 0.329 e. The van der Waals surface area contributed by atoms with Crippen molar-refractivity contribution < 1.29 is 0 Å². The second kappa shape index (κ2) is 4.79. The first-order chi connectivity index (χ1) is 10.2. The second-order valence-electron chi connectivity index (χ2n) is 4.82. The number of benzene rings is 2. The molecule has 102 valence electrons. The van der Waals surface area contributed by atoms with Crippen molar-refractivity contribution in [2.45, 2.75) is 0 Å². The fourth-order valence-corrected chi connectivity index (χ4v) is 3.16. The maximum atomic E-state index is 5.45. The van der Waals surface area contributed by atoms with Gasteiger partial charge in [0.05, 0.1) is 11.2 Å². The van der Waals surface area contributed by atoms with Crippen molar-refractivity contribution in [3.63, 3.8) is 0 Å². The Morgan fingerprint density at radius 1 is 1.05 bits per heavy atom. The highest BCUT2D eigenvalue weighted by Gasteiger charge is 2.08. The molecule has 0 radical (unpaired) electrons. The van der Waals surface area contributed by atoms with E-state index < -0.39 is 0 Å². The molecule has 2 heterocycles. The van der Waals surface area contributed by atoms with Gasteiger partial charge in [-0.25, -0.2) is 4.98 Å². The number of nitrogens with one attached hydrogen (secondary N) is 1. The van der Waals surface area contributed by atoms with Gasteiger partial charge in [-0.05, 0) is 57.1 Å². The Bertz CT molecular complexity index is 1030. The SMILES string of the molecule is S=c1[nH]c2cc(Br)cnc2n1-c1ccc2ccccc2c1. The summed E-state index contributed by atoms with van der Waals surface area (Å²) in [6.07, 6.45) is 1.78. The van der Waals surface area contributed by atoms with E-state index in [0.717, 1.165) is 21.3 Å². The van der Waals surface area contributed by atoms with Gasteiger partial charge in [0.2, 0.25) is 0 Å². The summed E-state index contributed by atoms with van der Waals surface area (Å²) in [6, 6.07) is 16.6. The van der Waals surface area contributed by atoms with E-state index >= 15 is 0 Å². The van der Waals surface area contributed by atoms with Crippen molar-refractivity contribution in [1.29, 1.82) is 0 Å². The number of H-pyrrole nitrogens is 1. The van der Waals surface area contributed by atoms with E-state index in [1.807, 2.05) is 22.8 Å². The molecule has 2 aromatic heterocycles. The van der Waals surface area contributed by atoms with Gasteiger partial charge >= 0.3 is 0 Å². The van der Waals surface area contributed by atoms with Crippen molar-refractivity contribution >= 4 is 50.1 Å². The third kappa shape index (κ3) is 2.09. The lowest BCUT2D eigenvalue weighted by Gasteiger charge is -2.06. The van der Waals surface area contributed by atoms with Gasteiger partial charge in [-0.15, -0.1) is 0 Å². The molecule has 1 N–H and O–H groups in total. The predicted octanol–water partition coefficient (Wildman–Crippen LogP) is 5.00. The zero-order valence-corrected chi connectivity index (χ0v) is 13.3. The third-order valence-corrected chi connectivity index (χ3v) is 4.20. The minimum atomic E-state index is 0.644. The molecular weight excluding hydrogens is 346 g/mol. The highest BCUT2D eigenvalue weighted by molar-refractivity contribution is 9.10. The normalized spacial score (nSPS) is 11.3. The van der Waals surface area contributed by atoms with Crippen LogP contribution in [0.15, 0.2) is 59.2 Å². The number of nitrogens with zero attached hydrogens (tertiary/aromatic N) is 2. The maximum absolute atomic E-state index is 5.45. The Hall–Kier alpha value is -1.98. The van der Waals surface area contributed by atoms with Crippen LogP contribution in [0.4, 0.5) is 0 Å². The van der Waals surface area contributed by atoms with Gasteiger partial charge in [0.1, 0.15) is 0 Å². The van der Waals surface area contributed by atoms with Crippen LogP contribution in [0, 0.1) is 4.77 Å². The average molecular weight is 356 g/mol. The first-order valence-electron chi connectivity index (χ1n) is 6.48. The van der Waals surface area contributed by atoms with E-state index in [9.17, 15) is 0 Å². The van der Waals surface area contributed by atoms with Crippen LogP contribution in [0.2, 0.25) is 0 Å². The van der Waals surface area contributed by atoms with Gasteiger partial charge in [0.25, 0.3) is 0 Å². The zero-order valence-electron chi connectivity index (χ0n) is 10.9. The minimum absolute atomic E-state index is 0.644. The number of aromatic amines is 1. The first-order valence-corrected chi connectivity index (χ1v) is 7.68. The minimum Gasteiger partial charge on any atom is -0.329 e. The van der Waals surface area contributed by atoms with Gasteiger partial charge in [-0.3, -0.25) is 4.57 Å². The quantitative estimate of drug-likeness (QED) is 0.487. The molecule has 0 spiro atoms. The van der Waals surface area contributed by atoms with Crippen molar-refractivity contribution in [2.75, 3.05) is 0 Å². The molecule has 2 aromatic carbocycles. The molecule has 0 amide bonds. The zero-order chi connectivity index (χ0) is 14.4. The molecule has 21 heavy (non-hydrogen) atoms. The first kappa shape index (κ1) is 12.7. The Morgan fingerprint density at radius 2 is 1.86 bits per heavy atom. The van der Waals surface area contributed by atoms with Crippen LogP contribution in [-0.4, -0.2) is 14.5 Å². The van der Waals surface area contributed by atoms with Crippen LogP contribution in [0.5, 0.6) is 0 Å². The highest BCUT2D eigenvalue weighted by Crippen LogP contribution is 2.23. The van der Waals surface area contributed by atoms with Crippen molar-refractivity contribution in [3.05, 3.63) is 64.0 Å². The summed E-state index contributed by atoms with van der Waals surface area (Å²) >= 11 is 8.88. The summed E-state index contributed by atoms with van der Waals surface area (Å²) in [5.74, 6) is 0. The molecule has 0 bridgehead atoms. The van der Waals surface area contributed by atoms with E-state index in [2.05, 4.69) is 56.2 Å². The van der Waals surface area contributed by atoms with E-state index in [4.69, 9.17) is 12.2 Å². The predicted molar refractivity (Wildman–Crippen MR) is 91.5 cm³/mol. The number of halogens is 1. The van der Waals surface area contributed by atoms with Gasteiger partial charge in [0, 0.05) is 10.7 Å². The van der Waals surface area contributed by atoms with Crippen molar-refractivity contribution in [1.82, 2.24) is 14.5 Å². The molecule has 0 saturated carbocycles. The molecule has 4 aromatic rings. The Labute approximate surface area is 134 Å². The molecule has 0 atom stereocenters. The fourth-order valence-electron chi connectivity index (χ4n) is 2.52. The number of pyridine rings is 1. The standard InChI is InChI=1S/C16H10BrN3S/c17-12-8-14-15(18-9-12)20(16(21)19-14)13-6-5-10-3-1-2-4-11(10)7-13/h1-9H,(H,19,21). The molecule has 0 aliphatic rings. The fraction of sp³-hybridized carbons (Fsp3) is 0. The summed E-state index contributed by atoms with van der Waals surface area (Å²) in [5, 5.41) is 2.40. The summed E-state index contributed by atoms with van der Waals surface area (Å²) in [7, 11) is 0. The third-order valence-electron chi connectivity index (χ3n) is 3.48. The van der Waals surface area contributed by atoms with Gasteiger partial charge in [-0.1, -0.05) is 30.3 Å². The number of aromatic nitrogens is 3.